The second-order valence-electron chi connectivity index (χ2n) is 4.96. The summed E-state index contributed by atoms with van der Waals surface area (Å²) in [4.78, 5) is 11.4. The van der Waals surface area contributed by atoms with E-state index < -0.39 is 5.60 Å². The Morgan fingerprint density at radius 1 is 1.41 bits per heavy atom. The van der Waals surface area contributed by atoms with Gasteiger partial charge in [0.1, 0.15) is 0 Å². The van der Waals surface area contributed by atoms with Gasteiger partial charge in [-0.1, -0.05) is 0 Å². The van der Waals surface area contributed by atoms with Gasteiger partial charge in [-0.3, -0.25) is 0 Å². The van der Waals surface area contributed by atoms with E-state index in [0.717, 1.165) is 25.7 Å². The van der Waals surface area contributed by atoms with Gasteiger partial charge >= 0.3 is 6.03 Å². The molecule has 5 nitrogen and oxygen atoms in total. The summed E-state index contributed by atoms with van der Waals surface area (Å²) < 4.78 is 5.35. The van der Waals surface area contributed by atoms with Gasteiger partial charge in [0.05, 0.1) is 11.7 Å². The summed E-state index contributed by atoms with van der Waals surface area (Å²) in [6.45, 7) is 5.57. The molecule has 1 aliphatic rings. The first-order chi connectivity index (χ1) is 8.02. The molecule has 1 fully saturated rings. The maximum absolute atomic E-state index is 11.4. The molecular weight excluding hydrogens is 220 g/mol. The van der Waals surface area contributed by atoms with Crippen LogP contribution in [0.15, 0.2) is 0 Å². The number of carbonyl (C=O) groups excluding carboxylic acids is 1. The van der Waals surface area contributed by atoms with Crippen molar-refractivity contribution in [1.82, 2.24) is 10.6 Å². The fraction of sp³-hybridized carbons (Fsp3) is 0.917. The smallest absolute Gasteiger partial charge is 0.314 e. The number of hydrogen-bond acceptors (Lipinski definition) is 3. The molecule has 0 unspecified atom stereocenters. The molecule has 1 aliphatic carbocycles. The minimum atomic E-state index is -0.655. The first-order valence-corrected chi connectivity index (χ1v) is 6.37. The summed E-state index contributed by atoms with van der Waals surface area (Å²) in [6, 6.07) is -0.213. The Morgan fingerprint density at radius 2 is 2.12 bits per heavy atom. The monoisotopic (exact) mass is 244 g/mol. The summed E-state index contributed by atoms with van der Waals surface area (Å²) in [5.74, 6) is 0. The molecule has 1 rings (SSSR count). The minimum Gasteiger partial charge on any atom is -0.388 e. The van der Waals surface area contributed by atoms with Crippen LogP contribution in [-0.2, 0) is 4.74 Å². The zero-order chi connectivity index (χ0) is 12.7. The fourth-order valence-electron chi connectivity index (χ4n) is 1.66. The highest BCUT2D eigenvalue weighted by Gasteiger charge is 2.34. The van der Waals surface area contributed by atoms with E-state index in [2.05, 4.69) is 10.6 Å². The number of hydrogen-bond donors (Lipinski definition) is 3. The standard InChI is InChI=1S/C12H24N2O3/c1-10(2)17-8-4-7-13-11(15)14-9-12(16)5-3-6-12/h10,16H,3-9H2,1-2H3,(H2,13,14,15). The highest BCUT2D eigenvalue weighted by molar-refractivity contribution is 5.73. The highest BCUT2D eigenvalue weighted by Crippen LogP contribution is 2.30. The Balaban J connectivity index is 1.94. The summed E-state index contributed by atoms with van der Waals surface area (Å²) in [6.07, 6.45) is 3.66. The first kappa shape index (κ1) is 14.3. The van der Waals surface area contributed by atoms with Crippen LogP contribution in [0.4, 0.5) is 4.79 Å². The van der Waals surface area contributed by atoms with Gasteiger partial charge < -0.3 is 20.5 Å². The van der Waals surface area contributed by atoms with E-state index in [1.807, 2.05) is 13.8 Å². The molecule has 0 aromatic rings. The maximum atomic E-state index is 11.4. The molecular formula is C12H24N2O3. The van der Waals surface area contributed by atoms with Crippen molar-refractivity contribution in [1.29, 1.82) is 0 Å². The zero-order valence-electron chi connectivity index (χ0n) is 10.8. The topological polar surface area (TPSA) is 70.6 Å². The van der Waals surface area contributed by atoms with Crippen molar-refractivity contribution in [2.75, 3.05) is 19.7 Å². The number of urea groups is 1. The van der Waals surface area contributed by atoms with Crippen molar-refractivity contribution in [2.24, 2.45) is 0 Å². The van der Waals surface area contributed by atoms with Gasteiger partial charge in [-0.15, -0.1) is 0 Å². The van der Waals surface area contributed by atoms with Gasteiger partial charge in [0.25, 0.3) is 0 Å². The Labute approximate surface area is 103 Å². The zero-order valence-corrected chi connectivity index (χ0v) is 10.8. The number of rotatable bonds is 7. The van der Waals surface area contributed by atoms with Crippen molar-refractivity contribution in [3.63, 3.8) is 0 Å². The van der Waals surface area contributed by atoms with E-state index in [4.69, 9.17) is 4.74 Å². The van der Waals surface area contributed by atoms with Crippen LogP contribution in [0.2, 0.25) is 0 Å². The molecule has 0 saturated heterocycles. The quantitative estimate of drug-likeness (QED) is 0.585. The van der Waals surface area contributed by atoms with Crippen molar-refractivity contribution in [3.05, 3.63) is 0 Å². The van der Waals surface area contributed by atoms with Crippen molar-refractivity contribution < 1.29 is 14.6 Å². The highest BCUT2D eigenvalue weighted by atomic mass is 16.5. The van der Waals surface area contributed by atoms with E-state index in [1.165, 1.54) is 0 Å². The predicted octanol–water partition coefficient (Wildman–Crippen LogP) is 1.02. The third-order valence-corrected chi connectivity index (χ3v) is 2.92. The fourth-order valence-corrected chi connectivity index (χ4v) is 1.66. The molecule has 1 saturated carbocycles. The van der Waals surface area contributed by atoms with Crippen LogP contribution in [0.5, 0.6) is 0 Å². The summed E-state index contributed by atoms with van der Waals surface area (Å²) in [7, 11) is 0. The van der Waals surface area contributed by atoms with Gasteiger partial charge in [-0.2, -0.15) is 0 Å². The molecule has 0 bridgehead atoms. The second kappa shape index (κ2) is 6.81. The third-order valence-electron chi connectivity index (χ3n) is 2.92. The Bertz CT molecular complexity index is 240. The average molecular weight is 244 g/mol. The lowest BCUT2D eigenvalue weighted by molar-refractivity contribution is -0.0290. The number of aliphatic hydroxyl groups is 1. The molecule has 0 radical (unpaired) electrons. The van der Waals surface area contributed by atoms with E-state index >= 15 is 0 Å². The maximum Gasteiger partial charge on any atom is 0.314 e. The van der Waals surface area contributed by atoms with Crippen LogP contribution in [0, 0.1) is 0 Å². The van der Waals surface area contributed by atoms with E-state index in [1.54, 1.807) is 0 Å². The van der Waals surface area contributed by atoms with Crippen LogP contribution in [0.25, 0.3) is 0 Å². The van der Waals surface area contributed by atoms with Crippen LogP contribution in [0.1, 0.15) is 39.5 Å². The van der Waals surface area contributed by atoms with Gasteiger partial charge in [0.2, 0.25) is 0 Å². The Kier molecular flexibility index (Phi) is 5.71. The van der Waals surface area contributed by atoms with Gasteiger partial charge in [0, 0.05) is 19.7 Å². The van der Waals surface area contributed by atoms with Gasteiger partial charge in [-0.25, -0.2) is 4.79 Å². The lowest BCUT2D eigenvalue weighted by Gasteiger charge is -2.36. The molecule has 5 heteroatoms. The molecule has 0 spiro atoms. The van der Waals surface area contributed by atoms with E-state index in [0.29, 0.717) is 19.7 Å². The molecule has 2 amide bonds. The number of ether oxygens (including phenoxy) is 1. The van der Waals surface area contributed by atoms with E-state index in [9.17, 15) is 9.90 Å². The number of nitrogens with one attached hydrogen (secondary N) is 2. The minimum absolute atomic E-state index is 0.213. The normalized spacial score (nSPS) is 17.6. The van der Waals surface area contributed by atoms with Crippen LogP contribution in [-0.4, -0.2) is 42.5 Å². The SMILES string of the molecule is CC(C)OCCCNC(=O)NCC1(O)CCC1. The molecule has 0 aromatic heterocycles. The van der Waals surface area contributed by atoms with Crippen molar-refractivity contribution in [3.8, 4) is 0 Å². The summed E-state index contributed by atoms with van der Waals surface area (Å²) >= 11 is 0. The van der Waals surface area contributed by atoms with Gasteiger partial charge in [0.15, 0.2) is 0 Å². The molecule has 0 atom stereocenters. The molecule has 0 aromatic carbocycles. The Morgan fingerprint density at radius 3 is 2.65 bits per heavy atom. The summed E-state index contributed by atoms with van der Waals surface area (Å²) in [5, 5.41) is 15.2. The van der Waals surface area contributed by atoms with Gasteiger partial charge in [-0.05, 0) is 39.5 Å². The lowest BCUT2D eigenvalue weighted by atomic mass is 9.80. The number of amides is 2. The third kappa shape index (κ3) is 5.89. The second-order valence-corrected chi connectivity index (χ2v) is 4.96. The first-order valence-electron chi connectivity index (χ1n) is 6.37. The Hall–Kier alpha value is -0.810. The van der Waals surface area contributed by atoms with Crippen LogP contribution in [0.3, 0.4) is 0 Å². The van der Waals surface area contributed by atoms with Crippen LogP contribution < -0.4 is 10.6 Å². The lowest BCUT2D eigenvalue weighted by Crippen LogP contribution is -2.50. The predicted molar refractivity (Wildman–Crippen MR) is 65.9 cm³/mol. The van der Waals surface area contributed by atoms with Crippen molar-refractivity contribution in [2.45, 2.75) is 51.2 Å². The molecule has 17 heavy (non-hydrogen) atoms. The van der Waals surface area contributed by atoms with E-state index in [-0.39, 0.29) is 12.1 Å². The largest absolute Gasteiger partial charge is 0.388 e. The molecule has 100 valence electrons. The molecule has 3 N–H and O–H groups in total. The van der Waals surface area contributed by atoms with Crippen molar-refractivity contribution >= 4 is 6.03 Å². The molecule has 0 heterocycles. The summed E-state index contributed by atoms with van der Waals surface area (Å²) in [5.41, 5.74) is -0.655. The average Bonchev–Trinajstić information content (AvgIpc) is 2.23. The number of carbonyl (C=O) groups is 1. The van der Waals surface area contributed by atoms with Crippen LogP contribution >= 0.6 is 0 Å². The molecule has 0 aliphatic heterocycles.